The molecule has 0 bridgehead atoms. The molecule has 0 unspecified atom stereocenters. The molecule has 1 nitrogen and oxygen atoms in total. The molecule has 0 spiro atoms. The van der Waals surface area contributed by atoms with E-state index in [9.17, 15) is 0 Å². The molecular formula is C24H32OSi2. The van der Waals surface area contributed by atoms with Gasteiger partial charge in [-0.15, -0.1) is 0 Å². The Kier molecular flexibility index (Phi) is 5.37. The number of hydrogen-bond donors (Lipinski definition) is 0. The minimum Gasteiger partial charge on any atom is -0.490 e. The molecule has 0 aromatic heterocycles. The van der Waals surface area contributed by atoms with E-state index in [0.29, 0.717) is 6.61 Å². The smallest absolute Gasteiger partial charge is 0.118 e. The average molecular weight is 393 g/mol. The predicted octanol–water partition coefficient (Wildman–Crippen LogP) is 4.50. The zero-order chi connectivity index (χ0) is 19.8. The molecular weight excluding hydrogens is 360 g/mol. The third-order valence-corrected chi connectivity index (χ3v) is 11.0. The number of aryl methyl sites for hydroxylation is 1. The van der Waals surface area contributed by atoms with Crippen LogP contribution in [0.5, 0.6) is 5.75 Å². The molecule has 0 fully saturated rings. The van der Waals surface area contributed by atoms with Crippen LogP contribution in [0.25, 0.3) is 6.08 Å². The van der Waals surface area contributed by atoms with Crippen LogP contribution in [-0.4, -0.2) is 22.8 Å². The summed E-state index contributed by atoms with van der Waals surface area (Å²) in [6.07, 6.45) is 7.52. The van der Waals surface area contributed by atoms with Gasteiger partial charge in [0.25, 0.3) is 0 Å². The number of rotatable bonds is 6. The first-order valence-corrected chi connectivity index (χ1v) is 16.3. The highest BCUT2D eigenvalue weighted by Crippen LogP contribution is 2.24. The first kappa shape index (κ1) is 19.9. The van der Waals surface area contributed by atoms with Crippen LogP contribution in [0.3, 0.4) is 0 Å². The molecule has 0 N–H and O–H groups in total. The number of benzene rings is 2. The molecule has 0 atom stereocenters. The van der Waals surface area contributed by atoms with E-state index in [0.717, 1.165) is 12.2 Å². The monoisotopic (exact) mass is 392 g/mol. The number of allylic oxidation sites excluding steroid dienone is 1. The topological polar surface area (TPSA) is 9.23 Å². The Morgan fingerprint density at radius 3 is 2.41 bits per heavy atom. The Bertz CT molecular complexity index is 901. The summed E-state index contributed by atoms with van der Waals surface area (Å²) in [6.45, 7) is 18.8. The fraction of sp³-hybridized carbons (Fsp3) is 0.333. The van der Waals surface area contributed by atoms with Gasteiger partial charge in [-0.05, 0) is 40.0 Å². The minimum absolute atomic E-state index is 0.560. The van der Waals surface area contributed by atoms with E-state index in [-0.39, 0.29) is 0 Å². The van der Waals surface area contributed by atoms with E-state index in [4.69, 9.17) is 4.74 Å². The summed E-state index contributed by atoms with van der Waals surface area (Å²) in [5.74, 6) is 1.14. The molecule has 142 valence electrons. The Morgan fingerprint density at radius 2 is 1.74 bits per heavy atom. The first-order chi connectivity index (χ1) is 12.7. The van der Waals surface area contributed by atoms with E-state index in [1.54, 1.807) is 0 Å². The van der Waals surface area contributed by atoms with Crippen LogP contribution in [-0.2, 0) is 6.42 Å². The molecule has 0 saturated heterocycles. The van der Waals surface area contributed by atoms with Gasteiger partial charge in [-0.25, -0.2) is 0 Å². The van der Waals surface area contributed by atoms with E-state index >= 15 is 0 Å². The third-order valence-electron chi connectivity index (χ3n) is 5.55. The highest BCUT2D eigenvalue weighted by atomic mass is 28.3. The molecule has 1 aliphatic carbocycles. The first-order valence-electron chi connectivity index (χ1n) is 9.84. The molecule has 2 aromatic rings. The van der Waals surface area contributed by atoms with E-state index in [1.165, 1.54) is 32.3 Å². The second kappa shape index (κ2) is 7.29. The molecule has 2 aromatic carbocycles. The fourth-order valence-electron chi connectivity index (χ4n) is 4.07. The van der Waals surface area contributed by atoms with Crippen LogP contribution >= 0.6 is 0 Å². The second-order valence-corrected chi connectivity index (χ2v) is 18.5. The van der Waals surface area contributed by atoms with Crippen LogP contribution in [0.1, 0.15) is 16.7 Å². The number of ether oxygens (including phenoxy) is 1. The van der Waals surface area contributed by atoms with Crippen LogP contribution in [0.4, 0.5) is 0 Å². The molecule has 0 heterocycles. The molecule has 3 heteroatoms. The Balaban J connectivity index is 2.26. The van der Waals surface area contributed by atoms with Crippen molar-refractivity contribution < 1.29 is 4.74 Å². The maximum atomic E-state index is 6.36. The molecule has 3 rings (SSSR count). The van der Waals surface area contributed by atoms with Crippen molar-refractivity contribution in [2.75, 3.05) is 6.61 Å². The maximum Gasteiger partial charge on any atom is 0.118 e. The van der Waals surface area contributed by atoms with Gasteiger partial charge in [-0.2, -0.15) is 0 Å². The number of fused-ring (bicyclic) bond motifs is 1. The summed E-state index contributed by atoms with van der Waals surface area (Å²) in [4.78, 5) is 0. The fourth-order valence-corrected chi connectivity index (χ4v) is 8.83. The van der Waals surface area contributed by atoms with Crippen LogP contribution in [0.2, 0.25) is 32.7 Å². The lowest BCUT2D eigenvalue weighted by molar-refractivity contribution is 0.368. The van der Waals surface area contributed by atoms with E-state index in [2.05, 4.69) is 88.7 Å². The largest absolute Gasteiger partial charge is 0.490 e. The van der Waals surface area contributed by atoms with E-state index < -0.39 is 16.1 Å². The summed E-state index contributed by atoms with van der Waals surface area (Å²) in [5, 5.41) is 4.38. The van der Waals surface area contributed by atoms with Gasteiger partial charge in [-0.3, -0.25) is 0 Å². The van der Waals surface area contributed by atoms with Gasteiger partial charge in [0.15, 0.2) is 0 Å². The van der Waals surface area contributed by atoms with Crippen LogP contribution in [0.15, 0.2) is 49.1 Å². The molecule has 0 amide bonds. The number of hydrogen-bond acceptors (Lipinski definition) is 1. The molecule has 27 heavy (non-hydrogen) atoms. The predicted molar refractivity (Wildman–Crippen MR) is 126 cm³/mol. The van der Waals surface area contributed by atoms with Gasteiger partial charge in [0.1, 0.15) is 20.4 Å². The van der Waals surface area contributed by atoms with Gasteiger partial charge in [0.2, 0.25) is 0 Å². The van der Waals surface area contributed by atoms with Gasteiger partial charge in [-0.1, -0.05) is 93.4 Å². The Labute approximate surface area is 166 Å². The van der Waals surface area contributed by atoms with Crippen molar-refractivity contribution in [3.05, 3.63) is 65.8 Å². The lowest BCUT2D eigenvalue weighted by atomic mass is 10.1. The van der Waals surface area contributed by atoms with Crippen LogP contribution in [0, 0.1) is 6.92 Å². The summed E-state index contributed by atoms with van der Waals surface area (Å²) in [6, 6.07) is 11.6. The standard InChI is InChI=1S/C24H32OSi2/c1-8-15-25-24-22(26(3,4)5)16-18(2)17-23(24)27(6,7)21-14-10-12-19-11-9-13-20(19)21/h8-10,12-14,16-17H,1,11,15H2,2-7H3. The van der Waals surface area contributed by atoms with Crippen molar-refractivity contribution in [2.45, 2.75) is 46.1 Å². The second-order valence-electron chi connectivity index (χ2n) is 9.15. The molecule has 1 aliphatic rings. The Hall–Kier alpha value is -1.85. The van der Waals surface area contributed by atoms with Gasteiger partial charge >= 0.3 is 0 Å². The SMILES string of the molecule is C=CCOc1c([Si](C)(C)C)cc(C)cc1[Si](C)(C)c1cccc2c1C=CC2. The molecule has 0 radical (unpaired) electrons. The highest BCUT2D eigenvalue weighted by Gasteiger charge is 2.35. The van der Waals surface area contributed by atoms with Crippen molar-refractivity contribution in [1.29, 1.82) is 0 Å². The highest BCUT2D eigenvalue weighted by molar-refractivity contribution is 7.02. The van der Waals surface area contributed by atoms with Crippen molar-refractivity contribution in [2.24, 2.45) is 0 Å². The average Bonchev–Trinajstić information content (AvgIpc) is 3.07. The van der Waals surface area contributed by atoms with Crippen LogP contribution < -0.4 is 20.3 Å². The van der Waals surface area contributed by atoms with Crippen molar-refractivity contribution in [3.63, 3.8) is 0 Å². The van der Waals surface area contributed by atoms with Crippen molar-refractivity contribution >= 4 is 37.8 Å². The molecule has 0 aliphatic heterocycles. The van der Waals surface area contributed by atoms with Gasteiger partial charge in [0, 0.05) is 0 Å². The molecule has 0 saturated carbocycles. The summed E-state index contributed by atoms with van der Waals surface area (Å²) < 4.78 is 6.36. The summed E-state index contributed by atoms with van der Waals surface area (Å²) in [5.41, 5.74) is 4.25. The minimum atomic E-state index is -1.94. The van der Waals surface area contributed by atoms with Crippen molar-refractivity contribution in [1.82, 2.24) is 0 Å². The summed E-state index contributed by atoms with van der Waals surface area (Å²) in [7, 11) is -3.48. The zero-order valence-corrected chi connectivity index (χ0v) is 19.6. The maximum absolute atomic E-state index is 6.36. The van der Waals surface area contributed by atoms with Gasteiger partial charge in [0.05, 0.1) is 8.07 Å². The van der Waals surface area contributed by atoms with Gasteiger partial charge < -0.3 is 4.74 Å². The lowest BCUT2D eigenvalue weighted by Gasteiger charge is -2.32. The Morgan fingerprint density at radius 1 is 1.04 bits per heavy atom. The van der Waals surface area contributed by atoms with E-state index in [1.807, 2.05) is 6.08 Å². The third kappa shape index (κ3) is 3.76. The lowest BCUT2D eigenvalue weighted by Crippen LogP contribution is -2.56. The van der Waals surface area contributed by atoms with Crippen molar-refractivity contribution in [3.8, 4) is 5.75 Å². The quantitative estimate of drug-likeness (QED) is 0.520. The summed E-state index contributed by atoms with van der Waals surface area (Å²) >= 11 is 0. The zero-order valence-electron chi connectivity index (χ0n) is 17.6. The normalized spacial score (nSPS) is 13.6.